The molecule has 0 fully saturated rings. The van der Waals surface area contributed by atoms with Crippen molar-refractivity contribution in [2.75, 3.05) is 23.5 Å². The van der Waals surface area contributed by atoms with Crippen LogP contribution < -0.4 is 26.4 Å². The van der Waals surface area contributed by atoms with Crippen molar-refractivity contribution in [2.24, 2.45) is 0 Å². The number of benzene rings is 3. The topological polar surface area (TPSA) is 132 Å². The fourth-order valence-corrected chi connectivity index (χ4v) is 3.45. The standard InChI is InChI=1S/C23H19ClFN5O4/c1-33-18-8-6-15(19-20(18)34-30-21(19)26)22(31)28-14-4-2-3-12(9-14)11-27-23(32)29-17-7-5-13(24)10-16(17)25/h2-10H,11H2,1H3,(H2,26,30)(H,28,31)(H2,27,29,32). The molecule has 0 bridgehead atoms. The van der Waals surface area contributed by atoms with Crippen LogP contribution in [0.1, 0.15) is 15.9 Å². The predicted molar refractivity (Wildman–Crippen MR) is 127 cm³/mol. The van der Waals surface area contributed by atoms with Crippen LogP contribution >= 0.6 is 11.6 Å². The number of aromatic nitrogens is 1. The van der Waals surface area contributed by atoms with Crippen LogP contribution in [0.4, 0.5) is 26.4 Å². The summed E-state index contributed by atoms with van der Waals surface area (Å²) in [4.78, 5) is 25.0. The van der Waals surface area contributed by atoms with Crippen LogP contribution in [0.2, 0.25) is 5.02 Å². The second-order valence-electron chi connectivity index (χ2n) is 7.17. The Morgan fingerprint density at radius 2 is 1.97 bits per heavy atom. The quantitative estimate of drug-likeness (QED) is 0.312. The summed E-state index contributed by atoms with van der Waals surface area (Å²) in [6.45, 7) is 0.135. The van der Waals surface area contributed by atoms with Gasteiger partial charge in [0.05, 0.1) is 23.7 Å². The molecule has 0 radical (unpaired) electrons. The van der Waals surface area contributed by atoms with Gasteiger partial charge in [-0.25, -0.2) is 9.18 Å². The third kappa shape index (κ3) is 4.86. The predicted octanol–water partition coefficient (Wildman–Crippen LogP) is 4.79. The first-order valence-corrected chi connectivity index (χ1v) is 10.4. The smallest absolute Gasteiger partial charge is 0.319 e. The fourth-order valence-electron chi connectivity index (χ4n) is 3.30. The lowest BCUT2D eigenvalue weighted by atomic mass is 10.1. The van der Waals surface area contributed by atoms with Crippen LogP contribution in [0.5, 0.6) is 5.75 Å². The van der Waals surface area contributed by atoms with Crippen molar-refractivity contribution in [3.63, 3.8) is 0 Å². The van der Waals surface area contributed by atoms with Crippen molar-refractivity contribution in [1.82, 2.24) is 10.5 Å². The molecule has 0 aliphatic heterocycles. The maximum atomic E-state index is 13.8. The van der Waals surface area contributed by atoms with E-state index in [0.29, 0.717) is 22.4 Å². The molecule has 0 spiro atoms. The third-order valence-electron chi connectivity index (χ3n) is 4.89. The summed E-state index contributed by atoms with van der Waals surface area (Å²) in [5.41, 5.74) is 7.61. The third-order valence-corrected chi connectivity index (χ3v) is 5.13. The number of rotatable bonds is 6. The molecule has 34 heavy (non-hydrogen) atoms. The summed E-state index contributed by atoms with van der Waals surface area (Å²) < 4.78 is 24.2. The highest BCUT2D eigenvalue weighted by atomic mass is 35.5. The Morgan fingerprint density at radius 3 is 2.74 bits per heavy atom. The second kappa shape index (κ2) is 9.67. The zero-order valence-corrected chi connectivity index (χ0v) is 18.6. The minimum Gasteiger partial charge on any atom is -0.493 e. The Hall–Kier alpha value is -4.31. The number of fused-ring (bicyclic) bond motifs is 1. The van der Waals surface area contributed by atoms with Gasteiger partial charge in [0.15, 0.2) is 11.6 Å². The fraction of sp³-hybridized carbons (Fsp3) is 0.0870. The number of amides is 3. The van der Waals surface area contributed by atoms with E-state index in [0.717, 1.165) is 6.07 Å². The number of ether oxygens (including phenoxy) is 1. The Kier molecular flexibility index (Phi) is 6.51. The molecule has 0 aliphatic rings. The molecule has 0 unspecified atom stereocenters. The number of nitrogen functional groups attached to an aromatic ring is 1. The largest absolute Gasteiger partial charge is 0.493 e. The molecule has 174 valence electrons. The first kappa shape index (κ1) is 22.9. The number of methoxy groups -OCH3 is 1. The number of nitrogens with one attached hydrogen (secondary N) is 3. The average Bonchev–Trinajstić information content (AvgIpc) is 3.21. The zero-order valence-electron chi connectivity index (χ0n) is 17.8. The lowest BCUT2D eigenvalue weighted by Gasteiger charge is -2.11. The molecule has 3 aromatic carbocycles. The summed E-state index contributed by atoms with van der Waals surface area (Å²) in [6, 6.07) is 13.4. The van der Waals surface area contributed by atoms with Crippen molar-refractivity contribution >= 4 is 51.7 Å². The van der Waals surface area contributed by atoms with Gasteiger partial charge in [0.2, 0.25) is 5.58 Å². The zero-order chi connectivity index (χ0) is 24.2. The van der Waals surface area contributed by atoms with Gasteiger partial charge in [-0.15, -0.1) is 0 Å². The first-order chi connectivity index (χ1) is 16.4. The summed E-state index contributed by atoms with van der Waals surface area (Å²) >= 11 is 5.71. The van der Waals surface area contributed by atoms with Crippen molar-refractivity contribution in [3.8, 4) is 5.75 Å². The average molecular weight is 484 g/mol. The number of nitrogens with two attached hydrogens (primary N) is 1. The molecule has 4 aromatic rings. The van der Waals surface area contributed by atoms with Gasteiger partial charge < -0.3 is 30.9 Å². The van der Waals surface area contributed by atoms with E-state index in [9.17, 15) is 14.0 Å². The molecule has 1 heterocycles. The second-order valence-corrected chi connectivity index (χ2v) is 7.61. The van der Waals surface area contributed by atoms with Gasteiger partial charge in [0.25, 0.3) is 5.91 Å². The van der Waals surface area contributed by atoms with E-state index in [-0.39, 0.29) is 34.2 Å². The summed E-state index contributed by atoms with van der Waals surface area (Å²) in [5, 5.41) is 12.1. The number of carbonyl (C=O) groups excluding carboxylic acids is 2. The van der Waals surface area contributed by atoms with E-state index in [2.05, 4.69) is 21.1 Å². The number of halogens is 2. The van der Waals surface area contributed by atoms with Crippen LogP contribution in [0.25, 0.3) is 11.0 Å². The van der Waals surface area contributed by atoms with Gasteiger partial charge in [0.1, 0.15) is 5.82 Å². The van der Waals surface area contributed by atoms with Crippen LogP contribution in [0.15, 0.2) is 59.1 Å². The van der Waals surface area contributed by atoms with E-state index in [1.807, 2.05) is 0 Å². The van der Waals surface area contributed by atoms with E-state index in [1.54, 1.807) is 36.4 Å². The van der Waals surface area contributed by atoms with Gasteiger partial charge in [0, 0.05) is 17.3 Å². The maximum Gasteiger partial charge on any atom is 0.319 e. The monoisotopic (exact) mass is 483 g/mol. The molecule has 9 nitrogen and oxygen atoms in total. The van der Waals surface area contributed by atoms with Gasteiger partial charge >= 0.3 is 6.03 Å². The highest BCUT2D eigenvalue weighted by Crippen LogP contribution is 2.32. The minimum atomic E-state index is -0.645. The number of hydrogen-bond donors (Lipinski definition) is 4. The Bertz CT molecular complexity index is 1390. The van der Waals surface area contributed by atoms with E-state index in [4.69, 9.17) is 26.6 Å². The molecule has 0 saturated heterocycles. The van der Waals surface area contributed by atoms with Crippen molar-refractivity contribution in [3.05, 3.63) is 76.6 Å². The minimum absolute atomic E-state index is 0.00160. The van der Waals surface area contributed by atoms with E-state index >= 15 is 0 Å². The van der Waals surface area contributed by atoms with Crippen LogP contribution in [0, 0.1) is 5.82 Å². The van der Waals surface area contributed by atoms with Crippen molar-refractivity contribution in [1.29, 1.82) is 0 Å². The Labute approximate surface area is 198 Å². The summed E-state index contributed by atoms with van der Waals surface area (Å²) in [6.07, 6.45) is 0. The molecular weight excluding hydrogens is 465 g/mol. The van der Waals surface area contributed by atoms with Gasteiger partial charge in [-0.2, -0.15) is 0 Å². The molecule has 0 aliphatic carbocycles. The van der Waals surface area contributed by atoms with Crippen LogP contribution in [-0.2, 0) is 6.54 Å². The lowest BCUT2D eigenvalue weighted by Crippen LogP contribution is -2.28. The molecule has 0 atom stereocenters. The van der Waals surface area contributed by atoms with E-state index in [1.165, 1.54) is 19.2 Å². The Balaban J connectivity index is 1.43. The van der Waals surface area contributed by atoms with Crippen molar-refractivity contribution in [2.45, 2.75) is 6.54 Å². The van der Waals surface area contributed by atoms with E-state index < -0.39 is 17.8 Å². The number of hydrogen-bond acceptors (Lipinski definition) is 6. The highest BCUT2D eigenvalue weighted by molar-refractivity contribution is 6.30. The van der Waals surface area contributed by atoms with Crippen LogP contribution in [0.3, 0.4) is 0 Å². The number of carbonyl (C=O) groups is 2. The van der Waals surface area contributed by atoms with Crippen LogP contribution in [-0.4, -0.2) is 24.2 Å². The normalized spacial score (nSPS) is 10.7. The van der Waals surface area contributed by atoms with Gasteiger partial charge in [-0.05, 0) is 48.0 Å². The molecule has 0 saturated carbocycles. The van der Waals surface area contributed by atoms with Gasteiger partial charge in [-0.3, -0.25) is 4.79 Å². The Morgan fingerprint density at radius 1 is 1.15 bits per heavy atom. The number of urea groups is 1. The summed E-state index contributed by atoms with van der Waals surface area (Å²) in [5.74, 6) is -0.599. The molecular formula is C23H19ClFN5O4. The molecule has 1 aromatic heterocycles. The molecule has 11 heteroatoms. The first-order valence-electron chi connectivity index (χ1n) is 9.97. The van der Waals surface area contributed by atoms with Gasteiger partial charge in [-0.1, -0.05) is 28.9 Å². The summed E-state index contributed by atoms with van der Waals surface area (Å²) in [7, 11) is 1.47. The molecule has 4 rings (SSSR count). The lowest BCUT2D eigenvalue weighted by molar-refractivity contribution is 0.102. The molecule has 3 amide bonds. The SMILES string of the molecule is COc1ccc(C(=O)Nc2cccc(CNC(=O)Nc3ccc(Cl)cc3F)c2)c2c(N)noc12. The maximum absolute atomic E-state index is 13.8. The highest BCUT2D eigenvalue weighted by Gasteiger charge is 2.20. The number of anilines is 3. The number of nitrogens with zero attached hydrogens (tertiary/aromatic N) is 1. The van der Waals surface area contributed by atoms with Crippen molar-refractivity contribution < 1.29 is 23.2 Å². The molecule has 5 N–H and O–H groups in total.